The molecule has 0 radical (unpaired) electrons. The van der Waals surface area contributed by atoms with Crippen LogP contribution in [0.1, 0.15) is 19.8 Å². The van der Waals surface area contributed by atoms with Crippen LogP contribution in [0.3, 0.4) is 0 Å². The number of nitrogens with one attached hydrogen (secondary N) is 2. The Balaban J connectivity index is 1.77. The summed E-state index contributed by atoms with van der Waals surface area (Å²) in [6, 6.07) is 0. The minimum atomic E-state index is 0.327. The summed E-state index contributed by atoms with van der Waals surface area (Å²) < 4.78 is 2.00. The molecule has 1 aliphatic rings. The van der Waals surface area contributed by atoms with Gasteiger partial charge in [0.25, 0.3) is 0 Å². The van der Waals surface area contributed by atoms with E-state index in [1.165, 1.54) is 25.9 Å². The third-order valence-electron chi connectivity index (χ3n) is 4.51. The Kier molecular flexibility index (Phi) is 3.71. The number of anilines is 2. The first-order valence-corrected chi connectivity index (χ1v) is 7.53. The Morgan fingerprint density at radius 1 is 1.33 bits per heavy atom. The van der Waals surface area contributed by atoms with Crippen molar-refractivity contribution in [2.45, 2.75) is 19.8 Å². The van der Waals surface area contributed by atoms with Crippen LogP contribution in [0.2, 0.25) is 0 Å². The lowest BCUT2D eigenvalue weighted by atomic mass is 9.80. The van der Waals surface area contributed by atoms with Crippen LogP contribution in [0.5, 0.6) is 0 Å². The minimum Gasteiger partial charge on any atom is -0.372 e. The van der Waals surface area contributed by atoms with Crippen molar-refractivity contribution >= 4 is 17.3 Å². The number of hydrogen-bond donors (Lipinski definition) is 2. The number of nitrogens with zero attached hydrogens (tertiary/aromatic N) is 4. The summed E-state index contributed by atoms with van der Waals surface area (Å²) in [5.41, 5.74) is 1.21. The Bertz CT molecular complexity index is 612. The van der Waals surface area contributed by atoms with Crippen molar-refractivity contribution in [3.63, 3.8) is 0 Å². The second-order valence-corrected chi connectivity index (χ2v) is 6.35. The van der Waals surface area contributed by atoms with Gasteiger partial charge in [-0.05, 0) is 38.4 Å². The van der Waals surface area contributed by atoms with E-state index < -0.39 is 0 Å². The van der Waals surface area contributed by atoms with Gasteiger partial charge in [0.15, 0.2) is 11.5 Å². The van der Waals surface area contributed by atoms with Gasteiger partial charge >= 0.3 is 0 Å². The molecule has 0 bridgehead atoms. The number of fused-ring (bicyclic) bond motifs is 1. The van der Waals surface area contributed by atoms with E-state index in [0.717, 1.165) is 23.8 Å². The Morgan fingerprint density at radius 2 is 2.10 bits per heavy atom. The van der Waals surface area contributed by atoms with Gasteiger partial charge in [-0.2, -0.15) is 0 Å². The van der Waals surface area contributed by atoms with Gasteiger partial charge in [-0.25, -0.2) is 9.97 Å². The third kappa shape index (κ3) is 2.95. The van der Waals surface area contributed by atoms with Gasteiger partial charge in [0, 0.05) is 26.0 Å². The van der Waals surface area contributed by atoms with Gasteiger partial charge in [-0.1, -0.05) is 6.92 Å². The zero-order chi connectivity index (χ0) is 14.9. The normalized spacial score (nSPS) is 18.8. The first-order valence-electron chi connectivity index (χ1n) is 7.53. The lowest BCUT2D eigenvalue weighted by molar-refractivity contribution is 0.150. The van der Waals surface area contributed by atoms with Crippen LogP contribution >= 0.6 is 0 Å². The molecular weight excluding hydrogens is 264 g/mol. The molecule has 0 aliphatic carbocycles. The molecule has 2 aromatic rings. The van der Waals surface area contributed by atoms with Crippen LogP contribution in [0.25, 0.3) is 5.65 Å². The second kappa shape index (κ2) is 5.52. The van der Waals surface area contributed by atoms with Crippen molar-refractivity contribution in [2.75, 3.05) is 44.4 Å². The zero-order valence-electron chi connectivity index (χ0n) is 13.1. The quantitative estimate of drug-likeness (QED) is 0.900. The highest BCUT2D eigenvalue weighted by atomic mass is 15.1. The van der Waals surface area contributed by atoms with Gasteiger partial charge in [-0.3, -0.25) is 0 Å². The number of imidazole rings is 1. The molecule has 3 heterocycles. The highest BCUT2D eigenvalue weighted by molar-refractivity contribution is 5.65. The smallest absolute Gasteiger partial charge is 0.180 e. The summed E-state index contributed by atoms with van der Waals surface area (Å²) in [6.07, 6.45) is 8.13. The maximum atomic E-state index is 4.61. The van der Waals surface area contributed by atoms with Crippen LogP contribution in [0.15, 0.2) is 18.6 Å². The van der Waals surface area contributed by atoms with Crippen LogP contribution in [0.4, 0.5) is 11.6 Å². The van der Waals surface area contributed by atoms with Gasteiger partial charge in [0.1, 0.15) is 5.82 Å². The van der Waals surface area contributed by atoms with E-state index >= 15 is 0 Å². The monoisotopic (exact) mass is 288 g/mol. The van der Waals surface area contributed by atoms with Crippen molar-refractivity contribution in [3.8, 4) is 0 Å². The molecule has 114 valence electrons. The minimum absolute atomic E-state index is 0.327. The fourth-order valence-corrected chi connectivity index (χ4v) is 2.80. The van der Waals surface area contributed by atoms with Gasteiger partial charge in [0.2, 0.25) is 0 Å². The number of aromatic nitrogens is 3. The Labute approximate surface area is 125 Å². The predicted octanol–water partition coefficient (Wildman–Crippen LogP) is 1.91. The predicted molar refractivity (Wildman–Crippen MR) is 85.9 cm³/mol. The van der Waals surface area contributed by atoms with Crippen LogP contribution in [-0.2, 0) is 0 Å². The number of piperidine rings is 1. The van der Waals surface area contributed by atoms with Gasteiger partial charge < -0.3 is 19.9 Å². The van der Waals surface area contributed by atoms with E-state index in [-0.39, 0.29) is 0 Å². The van der Waals surface area contributed by atoms with E-state index in [1.807, 2.05) is 23.8 Å². The largest absolute Gasteiger partial charge is 0.372 e. The summed E-state index contributed by atoms with van der Waals surface area (Å²) in [5, 5.41) is 6.62. The molecule has 1 aliphatic heterocycles. The molecule has 0 saturated carbocycles. The molecule has 3 rings (SSSR count). The fraction of sp³-hybridized carbons (Fsp3) is 0.600. The molecule has 0 amide bonds. The molecule has 2 N–H and O–H groups in total. The molecule has 1 saturated heterocycles. The number of likely N-dealkylation sites (tertiary alicyclic amines) is 1. The summed E-state index contributed by atoms with van der Waals surface area (Å²) in [7, 11) is 4.08. The van der Waals surface area contributed by atoms with E-state index in [4.69, 9.17) is 0 Å². The van der Waals surface area contributed by atoms with Crippen LogP contribution < -0.4 is 10.6 Å². The average Bonchev–Trinajstić information content (AvgIpc) is 2.96. The molecule has 6 nitrogen and oxygen atoms in total. The standard InChI is InChI=1S/C15H24N6/c1-15(4-7-20(3)8-5-15)11-18-13-14-17-6-9-21(14)10-12(16-2)19-13/h6,9-10,16H,4-5,7-8,11H2,1-3H3,(H,18,19). The van der Waals surface area contributed by atoms with E-state index in [0.29, 0.717) is 5.41 Å². The molecular formula is C15H24N6. The molecule has 0 atom stereocenters. The maximum Gasteiger partial charge on any atom is 0.180 e. The highest BCUT2D eigenvalue weighted by Gasteiger charge is 2.29. The summed E-state index contributed by atoms with van der Waals surface area (Å²) in [6.45, 7) is 5.63. The van der Waals surface area contributed by atoms with E-state index in [1.54, 1.807) is 6.20 Å². The summed E-state index contributed by atoms with van der Waals surface area (Å²) in [5.74, 6) is 1.70. The van der Waals surface area contributed by atoms with Crippen molar-refractivity contribution in [1.29, 1.82) is 0 Å². The van der Waals surface area contributed by atoms with Gasteiger partial charge in [-0.15, -0.1) is 0 Å². The Hall–Kier alpha value is -1.82. The number of hydrogen-bond acceptors (Lipinski definition) is 5. The Morgan fingerprint density at radius 3 is 2.81 bits per heavy atom. The fourth-order valence-electron chi connectivity index (χ4n) is 2.80. The van der Waals surface area contributed by atoms with Crippen LogP contribution in [0, 0.1) is 5.41 Å². The molecule has 21 heavy (non-hydrogen) atoms. The molecule has 2 aromatic heterocycles. The van der Waals surface area contributed by atoms with E-state index in [9.17, 15) is 0 Å². The zero-order valence-corrected chi connectivity index (χ0v) is 13.1. The van der Waals surface area contributed by atoms with Gasteiger partial charge in [0.05, 0.1) is 6.20 Å². The molecule has 0 unspecified atom stereocenters. The summed E-state index contributed by atoms with van der Waals surface area (Å²) >= 11 is 0. The second-order valence-electron chi connectivity index (χ2n) is 6.35. The molecule has 6 heteroatoms. The molecule has 1 fully saturated rings. The average molecular weight is 288 g/mol. The maximum absolute atomic E-state index is 4.61. The molecule has 0 aromatic carbocycles. The SMILES string of the molecule is CNc1cn2ccnc2c(NCC2(C)CCN(C)CC2)n1. The first-order chi connectivity index (χ1) is 10.1. The van der Waals surface area contributed by atoms with Crippen molar-refractivity contribution < 1.29 is 0 Å². The lowest BCUT2D eigenvalue weighted by Gasteiger charge is -2.38. The molecule has 0 spiro atoms. The van der Waals surface area contributed by atoms with Crippen molar-refractivity contribution in [1.82, 2.24) is 19.3 Å². The van der Waals surface area contributed by atoms with Crippen molar-refractivity contribution in [3.05, 3.63) is 18.6 Å². The topological polar surface area (TPSA) is 57.5 Å². The highest BCUT2D eigenvalue weighted by Crippen LogP contribution is 2.31. The number of rotatable bonds is 4. The lowest BCUT2D eigenvalue weighted by Crippen LogP contribution is -2.40. The van der Waals surface area contributed by atoms with Crippen LogP contribution in [-0.4, -0.2) is 53.0 Å². The summed E-state index contributed by atoms with van der Waals surface area (Å²) in [4.78, 5) is 11.4. The third-order valence-corrected chi connectivity index (χ3v) is 4.51. The van der Waals surface area contributed by atoms with E-state index in [2.05, 4.69) is 39.5 Å². The van der Waals surface area contributed by atoms with Crippen molar-refractivity contribution in [2.24, 2.45) is 5.41 Å². The first kappa shape index (κ1) is 14.1.